The van der Waals surface area contributed by atoms with Crippen LogP contribution in [0.4, 0.5) is 4.79 Å². The number of nitrogens with two attached hydrogens (primary N) is 1. The summed E-state index contributed by atoms with van der Waals surface area (Å²) in [4.78, 5) is 24.4. The Labute approximate surface area is 89.2 Å². The first kappa shape index (κ1) is 11.9. The molecule has 0 aromatic heterocycles. The second-order valence-electron chi connectivity index (χ2n) is 3.79. The van der Waals surface area contributed by atoms with Crippen molar-refractivity contribution in [1.29, 1.82) is 0 Å². The Kier molecular flexibility index (Phi) is 4.05. The maximum atomic E-state index is 11.6. The van der Waals surface area contributed by atoms with Crippen LogP contribution in [-0.4, -0.2) is 49.1 Å². The molecule has 6 nitrogen and oxygen atoms in total. The fourth-order valence-corrected chi connectivity index (χ4v) is 1.61. The van der Waals surface area contributed by atoms with Gasteiger partial charge in [0.05, 0.1) is 6.04 Å². The van der Waals surface area contributed by atoms with Crippen molar-refractivity contribution in [3.05, 3.63) is 0 Å². The molecule has 1 aliphatic rings. The summed E-state index contributed by atoms with van der Waals surface area (Å²) >= 11 is 0. The number of carbonyl (C=O) groups excluding carboxylic acids is 2. The van der Waals surface area contributed by atoms with Crippen molar-refractivity contribution >= 4 is 11.9 Å². The van der Waals surface area contributed by atoms with E-state index in [9.17, 15) is 9.59 Å². The quantitative estimate of drug-likeness (QED) is 0.542. The summed E-state index contributed by atoms with van der Waals surface area (Å²) in [5, 5.41) is 4.59. The summed E-state index contributed by atoms with van der Waals surface area (Å²) in [6.45, 7) is 3.29. The molecule has 1 aliphatic heterocycles. The van der Waals surface area contributed by atoms with Gasteiger partial charge in [0.15, 0.2) is 0 Å². The summed E-state index contributed by atoms with van der Waals surface area (Å²) in [5.74, 6) is -0.288. The van der Waals surface area contributed by atoms with Gasteiger partial charge in [0.2, 0.25) is 5.91 Å². The largest absolute Gasteiger partial charge is 0.341 e. The van der Waals surface area contributed by atoms with Crippen LogP contribution in [0.3, 0.4) is 0 Å². The minimum Gasteiger partial charge on any atom is -0.341 e. The molecular weight excluding hydrogens is 196 g/mol. The maximum Gasteiger partial charge on any atom is 0.321 e. The van der Waals surface area contributed by atoms with Crippen LogP contribution in [0.5, 0.6) is 0 Å². The van der Waals surface area contributed by atoms with Gasteiger partial charge in [-0.2, -0.15) is 0 Å². The molecule has 0 radical (unpaired) electrons. The topological polar surface area (TPSA) is 87.5 Å². The molecule has 15 heavy (non-hydrogen) atoms. The fraction of sp³-hybridized carbons (Fsp3) is 0.778. The van der Waals surface area contributed by atoms with Gasteiger partial charge in [-0.3, -0.25) is 15.0 Å². The molecule has 0 saturated carbocycles. The van der Waals surface area contributed by atoms with Gasteiger partial charge in [0, 0.05) is 26.2 Å². The molecule has 6 heteroatoms. The van der Waals surface area contributed by atoms with Crippen molar-refractivity contribution in [3.8, 4) is 0 Å². The maximum absolute atomic E-state index is 11.6. The molecule has 1 heterocycles. The lowest BCUT2D eigenvalue weighted by Gasteiger charge is -2.22. The van der Waals surface area contributed by atoms with Crippen molar-refractivity contribution in [1.82, 2.24) is 15.5 Å². The van der Waals surface area contributed by atoms with E-state index >= 15 is 0 Å². The van der Waals surface area contributed by atoms with Gasteiger partial charge in [-0.15, -0.1) is 0 Å². The number of nitrogens with one attached hydrogen (secondary N) is 2. The second kappa shape index (κ2) is 5.09. The molecular formula is C9H18N4O2. The van der Waals surface area contributed by atoms with Crippen LogP contribution < -0.4 is 16.4 Å². The van der Waals surface area contributed by atoms with Crippen LogP contribution in [0.2, 0.25) is 0 Å². The monoisotopic (exact) mass is 214 g/mol. The average molecular weight is 214 g/mol. The van der Waals surface area contributed by atoms with Gasteiger partial charge in [0.1, 0.15) is 0 Å². The SMILES string of the molecule is CNC(=O)NC(=O)C(C)N1CC[C@H](N)C1. The van der Waals surface area contributed by atoms with Gasteiger partial charge in [-0.25, -0.2) is 4.79 Å². The predicted octanol–water partition coefficient (Wildman–Crippen LogP) is -1.14. The van der Waals surface area contributed by atoms with Crippen LogP contribution in [0.15, 0.2) is 0 Å². The van der Waals surface area contributed by atoms with E-state index in [2.05, 4.69) is 10.6 Å². The summed E-state index contributed by atoms with van der Waals surface area (Å²) in [6.07, 6.45) is 0.900. The van der Waals surface area contributed by atoms with E-state index in [1.165, 1.54) is 7.05 Å². The van der Waals surface area contributed by atoms with E-state index in [-0.39, 0.29) is 18.0 Å². The molecule has 1 rings (SSSR count). The van der Waals surface area contributed by atoms with Crippen LogP contribution in [0.25, 0.3) is 0 Å². The van der Waals surface area contributed by atoms with Crippen LogP contribution >= 0.6 is 0 Å². The van der Waals surface area contributed by atoms with E-state index < -0.39 is 6.03 Å². The molecule has 0 aliphatic carbocycles. The molecule has 3 amide bonds. The Morgan fingerprint density at radius 1 is 1.53 bits per heavy atom. The number of hydrogen-bond donors (Lipinski definition) is 3. The molecule has 0 aromatic carbocycles. The van der Waals surface area contributed by atoms with Gasteiger partial charge >= 0.3 is 6.03 Å². The van der Waals surface area contributed by atoms with Gasteiger partial charge < -0.3 is 11.1 Å². The zero-order valence-corrected chi connectivity index (χ0v) is 9.12. The van der Waals surface area contributed by atoms with Crippen LogP contribution in [-0.2, 0) is 4.79 Å². The van der Waals surface area contributed by atoms with Crippen molar-refractivity contribution < 1.29 is 9.59 Å². The van der Waals surface area contributed by atoms with Gasteiger partial charge in [-0.05, 0) is 13.3 Å². The molecule has 4 N–H and O–H groups in total. The second-order valence-corrected chi connectivity index (χ2v) is 3.79. The molecule has 1 unspecified atom stereocenters. The number of amides is 3. The summed E-state index contributed by atoms with van der Waals surface area (Å²) in [5.41, 5.74) is 5.74. The van der Waals surface area contributed by atoms with E-state index in [0.29, 0.717) is 6.54 Å². The molecule has 1 saturated heterocycles. The fourth-order valence-electron chi connectivity index (χ4n) is 1.61. The highest BCUT2D eigenvalue weighted by Gasteiger charge is 2.28. The first-order valence-corrected chi connectivity index (χ1v) is 5.06. The molecule has 0 bridgehead atoms. The Morgan fingerprint density at radius 3 is 2.67 bits per heavy atom. The highest BCUT2D eigenvalue weighted by atomic mass is 16.2. The molecule has 0 spiro atoms. The third-order valence-corrected chi connectivity index (χ3v) is 2.65. The highest BCUT2D eigenvalue weighted by Crippen LogP contribution is 2.10. The first-order valence-electron chi connectivity index (χ1n) is 5.06. The summed E-state index contributed by atoms with van der Waals surface area (Å²) < 4.78 is 0. The average Bonchev–Trinajstić information content (AvgIpc) is 2.63. The zero-order valence-electron chi connectivity index (χ0n) is 9.12. The van der Waals surface area contributed by atoms with Crippen LogP contribution in [0, 0.1) is 0 Å². The third-order valence-electron chi connectivity index (χ3n) is 2.65. The number of carbonyl (C=O) groups is 2. The number of likely N-dealkylation sites (tertiary alicyclic amines) is 1. The molecule has 2 atom stereocenters. The minimum atomic E-state index is -0.477. The van der Waals surface area contributed by atoms with Crippen molar-refractivity contribution in [2.24, 2.45) is 5.73 Å². The van der Waals surface area contributed by atoms with E-state index in [4.69, 9.17) is 5.73 Å². The number of rotatable bonds is 2. The lowest BCUT2D eigenvalue weighted by atomic mass is 10.3. The van der Waals surface area contributed by atoms with Gasteiger partial charge in [-0.1, -0.05) is 0 Å². The normalized spacial score (nSPS) is 23.5. The Hall–Kier alpha value is -1.14. The van der Waals surface area contributed by atoms with E-state index in [1.807, 2.05) is 4.90 Å². The predicted molar refractivity (Wildman–Crippen MR) is 56.2 cm³/mol. The van der Waals surface area contributed by atoms with Gasteiger partial charge in [0.25, 0.3) is 0 Å². The van der Waals surface area contributed by atoms with E-state index in [1.54, 1.807) is 6.92 Å². The minimum absolute atomic E-state index is 0.139. The Morgan fingerprint density at radius 2 is 2.20 bits per heavy atom. The lowest BCUT2D eigenvalue weighted by molar-refractivity contribution is -0.124. The third kappa shape index (κ3) is 3.17. The van der Waals surface area contributed by atoms with E-state index in [0.717, 1.165) is 13.0 Å². The molecule has 0 aromatic rings. The summed E-state index contributed by atoms with van der Waals surface area (Å²) in [7, 11) is 1.47. The zero-order chi connectivity index (χ0) is 11.4. The first-order chi connectivity index (χ1) is 7.04. The number of hydrogen-bond acceptors (Lipinski definition) is 4. The number of nitrogens with zero attached hydrogens (tertiary/aromatic N) is 1. The van der Waals surface area contributed by atoms with Crippen LogP contribution in [0.1, 0.15) is 13.3 Å². The summed E-state index contributed by atoms with van der Waals surface area (Å²) in [6, 6.07) is -0.647. The lowest BCUT2D eigenvalue weighted by Crippen LogP contribution is -2.48. The smallest absolute Gasteiger partial charge is 0.321 e. The Bertz CT molecular complexity index is 256. The van der Waals surface area contributed by atoms with Crippen molar-refractivity contribution in [2.45, 2.75) is 25.4 Å². The number of urea groups is 1. The molecule has 1 fully saturated rings. The molecule has 86 valence electrons. The van der Waals surface area contributed by atoms with Crippen molar-refractivity contribution in [3.63, 3.8) is 0 Å². The van der Waals surface area contributed by atoms with Crippen molar-refractivity contribution in [2.75, 3.05) is 20.1 Å². The standard InChI is InChI=1S/C9H18N4O2/c1-6(8(14)12-9(15)11-2)13-4-3-7(10)5-13/h6-7H,3-5,10H2,1-2H3,(H2,11,12,14,15)/t6?,7-/m0/s1. The number of imide groups is 1. The highest BCUT2D eigenvalue weighted by molar-refractivity contribution is 5.96. The Balaban J connectivity index is 2.42.